The standard InChI is InChI=1S/C13H22BrN3/c1-9(2)7-11-12(14)13(17(3)16-11)10-5-4-6-15-8-10/h9-10,15H,4-8H2,1-3H3. The van der Waals surface area contributed by atoms with E-state index in [0.717, 1.165) is 19.5 Å². The summed E-state index contributed by atoms with van der Waals surface area (Å²) in [6.07, 6.45) is 3.59. The van der Waals surface area contributed by atoms with Gasteiger partial charge in [-0.05, 0) is 47.7 Å². The minimum absolute atomic E-state index is 0.608. The summed E-state index contributed by atoms with van der Waals surface area (Å²) in [5.74, 6) is 1.26. The fourth-order valence-corrected chi connectivity index (χ4v) is 3.44. The van der Waals surface area contributed by atoms with E-state index >= 15 is 0 Å². The molecule has 1 atom stereocenters. The van der Waals surface area contributed by atoms with Gasteiger partial charge >= 0.3 is 0 Å². The number of aryl methyl sites for hydroxylation is 1. The van der Waals surface area contributed by atoms with E-state index in [1.165, 1.54) is 28.7 Å². The first kappa shape index (κ1) is 13.1. The second-order valence-electron chi connectivity index (χ2n) is 5.41. The van der Waals surface area contributed by atoms with Crippen LogP contribution in [0.15, 0.2) is 4.47 Å². The third kappa shape index (κ3) is 2.91. The Labute approximate surface area is 112 Å². The minimum atomic E-state index is 0.608. The molecule has 0 amide bonds. The van der Waals surface area contributed by atoms with Crippen LogP contribution in [0.2, 0.25) is 0 Å². The first-order valence-electron chi connectivity index (χ1n) is 6.51. The molecule has 4 heteroatoms. The average Bonchev–Trinajstić information content (AvgIpc) is 2.54. The van der Waals surface area contributed by atoms with Gasteiger partial charge in [-0.1, -0.05) is 13.8 Å². The topological polar surface area (TPSA) is 29.9 Å². The van der Waals surface area contributed by atoms with Gasteiger partial charge in [0.1, 0.15) is 0 Å². The number of hydrogen-bond donors (Lipinski definition) is 1. The Morgan fingerprint density at radius 3 is 2.88 bits per heavy atom. The number of halogens is 1. The zero-order chi connectivity index (χ0) is 12.4. The van der Waals surface area contributed by atoms with Gasteiger partial charge in [0.15, 0.2) is 0 Å². The Balaban J connectivity index is 2.24. The van der Waals surface area contributed by atoms with Gasteiger partial charge < -0.3 is 5.32 Å². The number of piperidine rings is 1. The molecule has 1 fully saturated rings. The fraction of sp³-hybridized carbons (Fsp3) is 0.769. The molecule has 1 N–H and O–H groups in total. The Hall–Kier alpha value is -0.350. The van der Waals surface area contributed by atoms with Gasteiger partial charge in [-0.15, -0.1) is 0 Å². The van der Waals surface area contributed by atoms with Crippen LogP contribution in [0.1, 0.15) is 44.0 Å². The minimum Gasteiger partial charge on any atom is -0.316 e. The van der Waals surface area contributed by atoms with Crippen molar-refractivity contribution in [2.45, 2.75) is 39.0 Å². The van der Waals surface area contributed by atoms with E-state index in [-0.39, 0.29) is 0 Å². The highest BCUT2D eigenvalue weighted by atomic mass is 79.9. The van der Waals surface area contributed by atoms with Crippen LogP contribution >= 0.6 is 15.9 Å². The van der Waals surface area contributed by atoms with Crippen LogP contribution in [0, 0.1) is 5.92 Å². The number of rotatable bonds is 3. The van der Waals surface area contributed by atoms with Gasteiger partial charge in [-0.25, -0.2) is 0 Å². The Kier molecular flexibility index (Phi) is 4.26. The zero-order valence-corrected chi connectivity index (χ0v) is 12.5. The summed E-state index contributed by atoms with van der Waals surface area (Å²) in [5, 5.41) is 8.14. The lowest BCUT2D eigenvalue weighted by molar-refractivity contribution is 0.440. The summed E-state index contributed by atoms with van der Waals surface area (Å²) in [6.45, 7) is 6.72. The molecule has 0 bridgehead atoms. The van der Waals surface area contributed by atoms with Crippen molar-refractivity contribution in [3.05, 3.63) is 15.9 Å². The monoisotopic (exact) mass is 299 g/mol. The predicted molar refractivity (Wildman–Crippen MR) is 74.3 cm³/mol. The molecule has 3 nitrogen and oxygen atoms in total. The van der Waals surface area contributed by atoms with Gasteiger partial charge in [0, 0.05) is 19.5 Å². The third-order valence-electron chi connectivity index (χ3n) is 3.38. The van der Waals surface area contributed by atoms with Crippen molar-refractivity contribution < 1.29 is 0 Å². The van der Waals surface area contributed by atoms with E-state index < -0.39 is 0 Å². The summed E-state index contributed by atoms with van der Waals surface area (Å²) >= 11 is 3.76. The van der Waals surface area contributed by atoms with Crippen molar-refractivity contribution in [2.24, 2.45) is 13.0 Å². The molecule has 0 aromatic carbocycles. The highest BCUT2D eigenvalue weighted by Crippen LogP contribution is 2.32. The van der Waals surface area contributed by atoms with Gasteiger partial charge in [-0.3, -0.25) is 4.68 Å². The van der Waals surface area contributed by atoms with E-state index in [0.29, 0.717) is 11.8 Å². The highest BCUT2D eigenvalue weighted by molar-refractivity contribution is 9.10. The fourth-order valence-electron chi connectivity index (χ4n) is 2.61. The Bertz CT molecular complexity index is 378. The quantitative estimate of drug-likeness (QED) is 0.930. The van der Waals surface area contributed by atoms with Crippen LogP contribution < -0.4 is 5.32 Å². The van der Waals surface area contributed by atoms with Crippen molar-refractivity contribution in [1.82, 2.24) is 15.1 Å². The van der Waals surface area contributed by atoms with Crippen LogP contribution in [-0.4, -0.2) is 22.9 Å². The molecule has 0 radical (unpaired) electrons. The Morgan fingerprint density at radius 1 is 1.53 bits per heavy atom. The molecule has 1 aliphatic rings. The summed E-state index contributed by atoms with van der Waals surface area (Å²) in [6, 6.07) is 0. The lowest BCUT2D eigenvalue weighted by Gasteiger charge is -2.23. The van der Waals surface area contributed by atoms with Crippen LogP contribution in [-0.2, 0) is 13.5 Å². The highest BCUT2D eigenvalue weighted by Gasteiger charge is 2.24. The molecular weight excluding hydrogens is 278 g/mol. The van der Waals surface area contributed by atoms with Crippen molar-refractivity contribution in [2.75, 3.05) is 13.1 Å². The number of aromatic nitrogens is 2. The Morgan fingerprint density at radius 2 is 2.29 bits per heavy atom. The lowest BCUT2D eigenvalue weighted by atomic mass is 9.95. The van der Waals surface area contributed by atoms with Crippen molar-refractivity contribution in [1.29, 1.82) is 0 Å². The first-order valence-corrected chi connectivity index (χ1v) is 7.31. The molecule has 0 spiro atoms. The van der Waals surface area contributed by atoms with E-state index in [4.69, 9.17) is 0 Å². The molecule has 0 aliphatic carbocycles. The molecule has 96 valence electrons. The maximum atomic E-state index is 4.67. The predicted octanol–water partition coefficient (Wildman–Crippen LogP) is 2.85. The number of hydrogen-bond acceptors (Lipinski definition) is 2. The summed E-state index contributed by atoms with van der Waals surface area (Å²) in [4.78, 5) is 0. The molecule has 1 aromatic heterocycles. The summed E-state index contributed by atoms with van der Waals surface area (Å²) < 4.78 is 3.31. The van der Waals surface area contributed by atoms with Crippen molar-refractivity contribution >= 4 is 15.9 Å². The maximum absolute atomic E-state index is 4.67. The van der Waals surface area contributed by atoms with Crippen LogP contribution in [0.25, 0.3) is 0 Å². The molecule has 1 aliphatic heterocycles. The second-order valence-corrected chi connectivity index (χ2v) is 6.20. The lowest BCUT2D eigenvalue weighted by Crippen LogP contribution is -2.29. The van der Waals surface area contributed by atoms with Crippen LogP contribution in [0.3, 0.4) is 0 Å². The molecule has 1 saturated heterocycles. The third-order valence-corrected chi connectivity index (χ3v) is 4.25. The van der Waals surface area contributed by atoms with Crippen molar-refractivity contribution in [3.63, 3.8) is 0 Å². The van der Waals surface area contributed by atoms with Crippen LogP contribution in [0.5, 0.6) is 0 Å². The molecule has 2 heterocycles. The summed E-state index contributed by atoms with van der Waals surface area (Å²) in [5.41, 5.74) is 2.58. The van der Waals surface area contributed by atoms with E-state index in [9.17, 15) is 0 Å². The van der Waals surface area contributed by atoms with Gasteiger partial charge in [0.05, 0.1) is 15.9 Å². The maximum Gasteiger partial charge on any atom is 0.0772 e. The first-order chi connectivity index (χ1) is 8.09. The van der Waals surface area contributed by atoms with Gasteiger partial charge in [-0.2, -0.15) is 5.10 Å². The normalized spacial score (nSPS) is 21.1. The van der Waals surface area contributed by atoms with Crippen LogP contribution in [0.4, 0.5) is 0 Å². The molecule has 1 aromatic rings. The SMILES string of the molecule is CC(C)Cc1nn(C)c(C2CCCNC2)c1Br. The van der Waals surface area contributed by atoms with Gasteiger partial charge in [0.2, 0.25) is 0 Å². The average molecular weight is 300 g/mol. The summed E-state index contributed by atoms with van der Waals surface area (Å²) in [7, 11) is 2.07. The molecule has 17 heavy (non-hydrogen) atoms. The zero-order valence-electron chi connectivity index (χ0n) is 11.0. The second kappa shape index (κ2) is 5.53. The molecule has 2 rings (SSSR count). The van der Waals surface area contributed by atoms with E-state index in [1.807, 2.05) is 0 Å². The van der Waals surface area contributed by atoms with Crippen molar-refractivity contribution in [3.8, 4) is 0 Å². The largest absolute Gasteiger partial charge is 0.316 e. The number of nitrogens with zero attached hydrogens (tertiary/aromatic N) is 2. The molecule has 1 unspecified atom stereocenters. The molecule has 0 saturated carbocycles. The van der Waals surface area contributed by atoms with E-state index in [2.05, 4.69) is 51.9 Å². The van der Waals surface area contributed by atoms with Gasteiger partial charge in [0.25, 0.3) is 0 Å². The number of nitrogens with one attached hydrogen (secondary N) is 1. The molecular formula is C13H22BrN3. The smallest absolute Gasteiger partial charge is 0.0772 e. The van der Waals surface area contributed by atoms with E-state index in [1.54, 1.807) is 0 Å².